The lowest BCUT2D eigenvalue weighted by Crippen LogP contribution is -2.36. The van der Waals surface area contributed by atoms with E-state index in [-0.39, 0.29) is 23.7 Å². The molecule has 0 saturated heterocycles. The SMILES string of the molecule is CCC(C)(C)OC(=O)c1ccc(C(=O)OC(C)OC2CCC(OC(C)C(C)(C)CC)CC2)cc1. The number of hydrogen-bond donors (Lipinski definition) is 0. The predicted octanol–water partition coefficient (Wildman–Crippen LogP) is 6.70. The Labute approximate surface area is 205 Å². The van der Waals surface area contributed by atoms with Crippen LogP contribution in [-0.2, 0) is 18.9 Å². The minimum atomic E-state index is -0.650. The van der Waals surface area contributed by atoms with Crippen molar-refractivity contribution in [3.8, 4) is 0 Å². The highest BCUT2D eigenvalue weighted by Crippen LogP contribution is 2.32. The van der Waals surface area contributed by atoms with E-state index in [9.17, 15) is 9.59 Å². The maximum absolute atomic E-state index is 12.5. The number of carbonyl (C=O) groups excluding carboxylic acids is 2. The third-order valence-electron chi connectivity index (χ3n) is 7.26. The van der Waals surface area contributed by atoms with Gasteiger partial charge in [-0.05, 0) is 95.9 Å². The van der Waals surface area contributed by atoms with Crippen molar-refractivity contribution in [2.24, 2.45) is 5.41 Å². The van der Waals surface area contributed by atoms with Gasteiger partial charge in [0.25, 0.3) is 0 Å². The summed E-state index contributed by atoms with van der Waals surface area (Å²) < 4.78 is 23.3. The number of carbonyl (C=O) groups is 2. The van der Waals surface area contributed by atoms with Crippen LogP contribution in [0.4, 0.5) is 0 Å². The van der Waals surface area contributed by atoms with E-state index < -0.39 is 23.8 Å². The van der Waals surface area contributed by atoms with Crippen molar-refractivity contribution in [2.45, 2.75) is 124 Å². The first-order valence-electron chi connectivity index (χ1n) is 12.7. The summed E-state index contributed by atoms with van der Waals surface area (Å²) in [6.45, 7) is 16.3. The van der Waals surface area contributed by atoms with Crippen molar-refractivity contribution in [2.75, 3.05) is 0 Å². The zero-order valence-electron chi connectivity index (χ0n) is 22.3. The lowest BCUT2D eigenvalue weighted by atomic mass is 9.84. The van der Waals surface area contributed by atoms with Gasteiger partial charge in [-0.15, -0.1) is 0 Å². The molecular weight excluding hydrogens is 432 g/mol. The van der Waals surface area contributed by atoms with Gasteiger partial charge in [0.15, 0.2) is 0 Å². The summed E-state index contributed by atoms with van der Waals surface area (Å²) >= 11 is 0. The van der Waals surface area contributed by atoms with Gasteiger partial charge in [0.05, 0.1) is 29.4 Å². The maximum Gasteiger partial charge on any atom is 0.340 e. The van der Waals surface area contributed by atoms with E-state index in [4.69, 9.17) is 18.9 Å². The van der Waals surface area contributed by atoms with Gasteiger partial charge in [-0.3, -0.25) is 0 Å². The summed E-state index contributed by atoms with van der Waals surface area (Å²) in [6, 6.07) is 6.31. The van der Waals surface area contributed by atoms with Crippen molar-refractivity contribution in [1.82, 2.24) is 0 Å². The second-order valence-corrected chi connectivity index (χ2v) is 10.7. The lowest BCUT2D eigenvalue weighted by Gasteiger charge is -2.36. The fraction of sp³-hybridized carbons (Fsp3) is 0.714. The first kappa shape index (κ1) is 28.3. The van der Waals surface area contributed by atoms with E-state index in [0.29, 0.717) is 17.5 Å². The number of hydrogen-bond acceptors (Lipinski definition) is 6. The number of ether oxygens (including phenoxy) is 4. The molecule has 2 atom stereocenters. The van der Waals surface area contributed by atoms with Crippen molar-refractivity contribution in [3.63, 3.8) is 0 Å². The smallest absolute Gasteiger partial charge is 0.340 e. The van der Waals surface area contributed by atoms with Crippen LogP contribution in [0.2, 0.25) is 0 Å². The molecular formula is C28H44O6. The number of esters is 2. The van der Waals surface area contributed by atoms with Crippen molar-refractivity contribution < 1.29 is 28.5 Å². The molecule has 0 bridgehead atoms. The first-order chi connectivity index (χ1) is 15.9. The Morgan fingerprint density at radius 3 is 1.76 bits per heavy atom. The van der Waals surface area contributed by atoms with Crippen LogP contribution in [0, 0.1) is 5.41 Å². The number of rotatable bonds is 11. The molecule has 34 heavy (non-hydrogen) atoms. The van der Waals surface area contributed by atoms with E-state index in [0.717, 1.165) is 32.1 Å². The average Bonchev–Trinajstić information content (AvgIpc) is 2.80. The van der Waals surface area contributed by atoms with Crippen LogP contribution in [0.5, 0.6) is 0 Å². The largest absolute Gasteiger partial charge is 0.456 e. The highest BCUT2D eigenvalue weighted by molar-refractivity contribution is 5.93. The molecule has 0 N–H and O–H groups in total. The molecule has 1 aromatic rings. The summed E-state index contributed by atoms with van der Waals surface area (Å²) in [6.07, 6.45) is 5.33. The zero-order valence-corrected chi connectivity index (χ0v) is 22.3. The molecule has 1 fully saturated rings. The highest BCUT2D eigenvalue weighted by Gasteiger charge is 2.30. The Kier molecular flexibility index (Phi) is 10.1. The predicted molar refractivity (Wildman–Crippen MR) is 133 cm³/mol. The third-order valence-corrected chi connectivity index (χ3v) is 7.26. The molecule has 6 heteroatoms. The van der Waals surface area contributed by atoms with Crippen LogP contribution < -0.4 is 0 Å². The van der Waals surface area contributed by atoms with Crippen LogP contribution in [-0.4, -0.2) is 42.1 Å². The van der Waals surface area contributed by atoms with Gasteiger partial charge >= 0.3 is 11.9 Å². The van der Waals surface area contributed by atoms with Gasteiger partial charge < -0.3 is 18.9 Å². The summed E-state index contributed by atoms with van der Waals surface area (Å²) in [7, 11) is 0. The Balaban J connectivity index is 1.78. The molecule has 1 aliphatic carbocycles. The van der Waals surface area contributed by atoms with Crippen LogP contribution in [0.15, 0.2) is 24.3 Å². The van der Waals surface area contributed by atoms with Crippen LogP contribution in [0.1, 0.15) is 115 Å². The lowest BCUT2D eigenvalue weighted by molar-refractivity contribution is -0.152. The fourth-order valence-electron chi connectivity index (χ4n) is 3.71. The topological polar surface area (TPSA) is 71.1 Å². The number of benzene rings is 1. The molecule has 0 aliphatic heterocycles. The second-order valence-electron chi connectivity index (χ2n) is 10.7. The first-order valence-corrected chi connectivity index (χ1v) is 12.7. The molecule has 0 spiro atoms. The van der Waals surface area contributed by atoms with Crippen molar-refractivity contribution >= 4 is 11.9 Å². The Bertz CT molecular complexity index is 790. The normalized spacial score (nSPS) is 20.9. The van der Waals surface area contributed by atoms with Gasteiger partial charge in [0.2, 0.25) is 6.29 Å². The van der Waals surface area contributed by atoms with Gasteiger partial charge in [0.1, 0.15) is 5.60 Å². The van der Waals surface area contributed by atoms with Gasteiger partial charge in [-0.1, -0.05) is 27.7 Å². The highest BCUT2D eigenvalue weighted by atomic mass is 16.7. The summed E-state index contributed by atoms with van der Waals surface area (Å²) in [5.74, 6) is -0.885. The summed E-state index contributed by atoms with van der Waals surface area (Å²) in [5, 5.41) is 0. The second kappa shape index (κ2) is 12.2. The molecule has 2 unspecified atom stereocenters. The molecule has 1 aliphatic rings. The quantitative estimate of drug-likeness (QED) is 0.261. The van der Waals surface area contributed by atoms with Crippen LogP contribution >= 0.6 is 0 Å². The molecule has 6 nitrogen and oxygen atoms in total. The Morgan fingerprint density at radius 2 is 1.29 bits per heavy atom. The third kappa shape index (κ3) is 8.38. The van der Waals surface area contributed by atoms with Gasteiger partial charge in [0, 0.05) is 0 Å². The van der Waals surface area contributed by atoms with Gasteiger partial charge in [-0.25, -0.2) is 9.59 Å². The van der Waals surface area contributed by atoms with Crippen molar-refractivity contribution in [3.05, 3.63) is 35.4 Å². The standard InChI is InChI=1S/C28H44O6/c1-9-27(5,6)19(3)31-23-15-17-24(18-16-23)32-20(4)33-25(29)21-11-13-22(14-12-21)26(30)34-28(7,8)10-2/h11-14,19-20,23-24H,9-10,15-18H2,1-8H3. The average molecular weight is 477 g/mol. The Hall–Kier alpha value is -1.92. The molecule has 1 saturated carbocycles. The molecule has 192 valence electrons. The Morgan fingerprint density at radius 1 is 0.824 bits per heavy atom. The zero-order chi connectivity index (χ0) is 25.5. The molecule has 0 heterocycles. The summed E-state index contributed by atoms with van der Waals surface area (Å²) in [4.78, 5) is 24.8. The van der Waals surface area contributed by atoms with E-state index in [1.807, 2.05) is 20.8 Å². The minimum absolute atomic E-state index is 0.0520. The van der Waals surface area contributed by atoms with E-state index >= 15 is 0 Å². The molecule has 0 aromatic heterocycles. The van der Waals surface area contributed by atoms with Crippen molar-refractivity contribution in [1.29, 1.82) is 0 Å². The fourth-order valence-corrected chi connectivity index (χ4v) is 3.71. The molecule has 2 rings (SSSR count). The van der Waals surface area contributed by atoms with E-state index in [1.54, 1.807) is 31.2 Å². The molecule has 0 radical (unpaired) electrons. The minimum Gasteiger partial charge on any atom is -0.456 e. The van der Waals surface area contributed by atoms with Crippen LogP contribution in [0.25, 0.3) is 0 Å². The molecule has 1 aromatic carbocycles. The van der Waals surface area contributed by atoms with Gasteiger partial charge in [-0.2, -0.15) is 0 Å². The maximum atomic E-state index is 12.5. The van der Waals surface area contributed by atoms with E-state index in [1.165, 1.54) is 0 Å². The van der Waals surface area contributed by atoms with E-state index in [2.05, 4.69) is 27.7 Å². The monoisotopic (exact) mass is 476 g/mol. The molecule has 0 amide bonds. The summed E-state index contributed by atoms with van der Waals surface area (Å²) in [5.41, 5.74) is 0.405. The van der Waals surface area contributed by atoms with Crippen LogP contribution in [0.3, 0.4) is 0 Å².